The number of para-hydroxylation sites is 1. The van der Waals surface area contributed by atoms with Crippen molar-refractivity contribution in [2.24, 2.45) is 0 Å². The molecule has 0 spiro atoms. The summed E-state index contributed by atoms with van der Waals surface area (Å²) in [6.07, 6.45) is 0.261. The molecule has 4 heteroatoms. The minimum absolute atomic E-state index is 0.0669. The van der Waals surface area contributed by atoms with Gasteiger partial charge in [-0.05, 0) is 34.5 Å². The Kier molecular flexibility index (Phi) is 3.01. The van der Waals surface area contributed by atoms with Crippen LogP contribution in [-0.2, 0) is 6.42 Å². The number of ketones is 1. The lowest BCUT2D eigenvalue weighted by Gasteiger charge is -2.04. The maximum Gasteiger partial charge on any atom is 0.169 e. The second-order valence-electron chi connectivity index (χ2n) is 3.43. The Morgan fingerprint density at radius 3 is 2.88 bits per heavy atom. The van der Waals surface area contributed by atoms with Gasteiger partial charge in [0, 0.05) is 12.0 Å². The van der Waals surface area contributed by atoms with Crippen LogP contribution < -0.4 is 5.73 Å². The number of benzene rings is 1. The molecule has 0 unspecified atom stereocenters. The Labute approximate surface area is 96.5 Å². The smallest absolute Gasteiger partial charge is 0.169 e. The fourth-order valence-electron chi connectivity index (χ4n) is 1.45. The van der Waals surface area contributed by atoms with E-state index in [4.69, 9.17) is 5.73 Å². The largest absolute Gasteiger partial charge is 0.396 e. The molecule has 2 aromatic rings. The molecule has 0 aliphatic heterocycles. The van der Waals surface area contributed by atoms with Crippen molar-refractivity contribution in [3.8, 4) is 0 Å². The fraction of sp³-hybridized carbons (Fsp3) is 0.0833. The Morgan fingerprint density at radius 1 is 1.38 bits per heavy atom. The molecule has 1 aromatic heterocycles. The molecule has 2 N–H and O–H groups in total. The number of Topliss-reactive ketones (excluding diaryl/α,β-unsaturated/α-hetero) is 1. The van der Waals surface area contributed by atoms with E-state index in [1.165, 1.54) is 23.5 Å². The van der Waals surface area contributed by atoms with Crippen molar-refractivity contribution in [3.05, 3.63) is 52.0 Å². The minimum Gasteiger partial charge on any atom is -0.396 e. The minimum atomic E-state index is -0.545. The van der Waals surface area contributed by atoms with Crippen molar-refractivity contribution in [1.29, 1.82) is 0 Å². The molecule has 0 aliphatic carbocycles. The molecule has 1 heterocycles. The lowest BCUT2D eigenvalue weighted by Crippen LogP contribution is -2.07. The average Bonchev–Trinajstić information content (AvgIpc) is 2.74. The topological polar surface area (TPSA) is 43.1 Å². The molecule has 0 amide bonds. The standard InChI is InChI=1S/C12H10FNOS/c13-10-3-1-2-9(12(10)14)11(15)6-8-4-5-16-7-8/h1-5,7H,6,14H2. The van der Waals surface area contributed by atoms with Gasteiger partial charge in [0.2, 0.25) is 0 Å². The SMILES string of the molecule is Nc1c(F)cccc1C(=O)Cc1ccsc1. The number of nitrogens with two attached hydrogens (primary N) is 1. The fourth-order valence-corrected chi connectivity index (χ4v) is 2.12. The normalized spacial score (nSPS) is 10.3. The molecule has 0 fully saturated rings. The highest BCUT2D eigenvalue weighted by atomic mass is 32.1. The summed E-state index contributed by atoms with van der Waals surface area (Å²) in [7, 11) is 0. The molecule has 0 atom stereocenters. The summed E-state index contributed by atoms with van der Waals surface area (Å²) >= 11 is 1.53. The number of carbonyl (C=O) groups is 1. The van der Waals surface area contributed by atoms with Crippen LogP contribution >= 0.6 is 11.3 Å². The molecule has 0 radical (unpaired) electrons. The van der Waals surface area contributed by atoms with E-state index in [-0.39, 0.29) is 23.5 Å². The van der Waals surface area contributed by atoms with Gasteiger partial charge in [-0.25, -0.2) is 4.39 Å². The monoisotopic (exact) mass is 235 g/mol. The van der Waals surface area contributed by atoms with E-state index in [0.717, 1.165) is 5.56 Å². The molecular formula is C12H10FNOS. The van der Waals surface area contributed by atoms with Gasteiger partial charge < -0.3 is 5.73 Å². The van der Waals surface area contributed by atoms with E-state index >= 15 is 0 Å². The van der Waals surface area contributed by atoms with Gasteiger partial charge in [0.1, 0.15) is 5.82 Å². The van der Waals surface area contributed by atoms with Crippen molar-refractivity contribution < 1.29 is 9.18 Å². The zero-order valence-electron chi connectivity index (χ0n) is 8.44. The first-order valence-corrected chi connectivity index (χ1v) is 5.71. The van der Waals surface area contributed by atoms with Crippen LogP contribution in [0.5, 0.6) is 0 Å². The number of halogens is 1. The molecule has 0 saturated heterocycles. The molecule has 1 aromatic carbocycles. The predicted molar refractivity (Wildman–Crippen MR) is 63.2 cm³/mol. The first-order valence-electron chi connectivity index (χ1n) is 4.76. The molecule has 0 saturated carbocycles. The van der Waals surface area contributed by atoms with Gasteiger partial charge in [-0.3, -0.25) is 4.79 Å². The Bertz CT molecular complexity index is 508. The van der Waals surface area contributed by atoms with Crippen LogP contribution in [0.3, 0.4) is 0 Å². The van der Waals surface area contributed by atoms with Crippen LogP contribution in [0.15, 0.2) is 35.0 Å². The molecule has 16 heavy (non-hydrogen) atoms. The lowest BCUT2D eigenvalue weighted by atomic mass is 10.0. The first-order chi connectivity index (χ1) is 7.68. The number of carbonyl (C=O) groups excluding carboxylic acids is 1. The molecule has 0 bridgehead atoms. The summed E-state index contributed by atoms with van der Waals surface area (Å²) in [5.41, 5.74) is 6.64. The number of nitrogen functional groups attached to an aromatic ring is 1. The van der Waals surface area contributed by atoms with Crippen molar-refractivity contribution in [2.75, 3.05) is 5.73 Å². The van der Waals surface area contributed by atoms with Crippen molar-refractivity contribution in [2.45, 2.75) is 6.42 Å². The zero-order chi connectivity index (χ0) is 11.5. The summed E-state index contributed by atoms with van der Waals surface area (Å²) in [6, 6.07) is 6.16. The van der Waals surface area contributed by atoms with E-state index in [1.807, 2.05) is 16.8 Å². The highest BCUT2D eigenvalue weighted by Gasteiger charge is 2.13. The third-order valence-corrected chi connectivity index (χ3v) is 3.03. The van der Waals surface area contributed by atoms with E-state index in [9.17, 15) is 9.18 Å². The summed E-state index contributed by atoms with van der Waals surface area (Å²) in [4.78, 5) is 11.8. The van der Waals surface area contributed by atoms with Crippen LogP contribution in [0, 0.1) is 5.82 Å². The zero-order valence-corrected chi connectivity index (χ0v) is 9.26. The van der Waals surface area contributed by atoms with Gasteiger partial charge in [-0.2, -0.15) is 11.3 Å². The van der Waals surface area contributed by atoms with E-state index in [0.29, 0.717) is 0 Å². The summed E-state index contributed by atoms with van der Waals surface area (Å²) in [6.45, 7) is 0. The van der Waals surface area contributed by atoms with Gasteiger partial charge in [-0.15, -0.1) is 0 Å². The first kappa shape index (κ1) is 10.8. The number of hydrogen-bond acceptors (Lipinski definition) is 3. The molecule has 82 valence electrons. The predicted octanol–water partition coefficient (Wildman–Crippen LogP) is 2.89. The van der Waals surface area contributed by atoms with Gasteiger partial charge in [-0.1, -0.05) is 6.07 Å². The summed E-state index contributed by atoms with van der Waals surface area (Å²) < 4.78 is 13.1. The maximum atomic E-state index is 13.1. The number of rotatable bonds is 3. The quantitative estimate of drug-likeness (QED) is 0.656. The highest BCUT2D eigenvalue weighted by Crippen LogP contribution is 2.18. The molecule has 2 rings (SSSR count). The Balaban J connectivity index is 2.24. The van der Waals surface area contributed by atoms with Crippen LogP contribution in [-0.4, -0.2) is 5.78 Å². The summed E-state index contributed by atoms with van der Waals surface area (Å²) in [5, 5.41) is 3.80. The highest BCUT2D eigenvalue weighted by molar-refractivity contribution is 7.08. The van der Waals surface area contributed by atoms with Crippen molar-refractivity contribution >= 4 is 22.8 Å². The van der Waals surface area contributed by atoms with E-state index in [2.05, 4.69) is 0 Å². The maximum absolute atomic E-state index is 13.1. The molecule has 0 aliphatic rings. The van der Waals surface area contributed by atoms with Crippen molar-refractivity contribution in [3.63, 3.8) is 0 Å². The van der Waals surface area contributed by atoms with Crippen LogP contribution in [0.2, 0.25) is 0 Å². The van der Waals surface area contributed by atoms with Crippen LogP contribution in [0.1, 0.15) is 15.9 Å². The second kappa shape index (κ2) is 4.45. The van der Waals surface area contributed by atoms with Crippen molar-refractivity contribution in [1.82, 2.24) is 0 Å². The van der Waals surface area contributed by atoms with Gasteiger partial charge in [0.15, 0.2) is 5.78 Å². The van der Waals surface area contributed by atoms with Gasteiger partial charge in [0.25, 0.3) is 0 Å². The van der Waals surface area contributed by atoms with Gasteiger partial charge in [0.05, 0.1) is 5.69 Å². The Morgan fingerprint density at radius 2 is 2.19 bits per heavy atom. The number of hydrogen-bond donors (Lipinski definition) is 1. The lowest BCUT2D eigenvalue weighted by molar-refractivity contribution is 0.0993. The van der Waals surface area contributed by atoms with Crippen LogP contribution in [0.25, 0.3) is 0 Å². The number of anilines is 1. The summed E-state index contributed by atoms with van der Waals surface area (Å²) in [5.74, 6) is -0.702. The van der Waals surface area contributed by atoms with Gasteiger partial charge >= 0.3 is 0 Å². The average molecular weight is 235 g/mol. The molecule has 2 nitrogen and oxygen atoms in total. The Hall–Kier alpha value is -1.68. The molecular weight excluding hydrogens is 225 g/mol. The van der Waals surface area contributed by atoms with E-state index in [1.54, 1.807) is 6.07 Å². The van der Waals surface area contributed by atoms with Crippen LogP contribution in [0.4, 0.5) is 10.1 Å². The van der Waals surface area contributed by atoms with E-state index < -0.39 is 5.82 Å². The third-order valence-electron chi connectivity index (χ3n) is 2.30. The number of thiophene rings is 1. The third kappa shape index (κ3) is 2.12. The second-order valence-corrected chi connectivity index (χ2v) is 4.21.